The number of nitrogens with zero attached hydrogens (tertiary/aromatic N) is 1. The van der Waals surface area contributed by atoms with Gasteiger partial charge in [0.1, 0.15) is 10.8 Å². The Morgan fingerprint density at radius 3 is 2.72 bits per heavy atom. The van der Waals surface area contributed by atoms with Gasteiger partial charge >= 0.3 is 5.97 Å². The summed E-state index contributed by atoms with van der Waals surface area (Å²) in [4.78, 5) is 26.0. The smallest absolute Gasteiger partial charge is 0.341 e. The molecule has 7 heteroatoms. The minimum atomic E-state index is -0.429. The summed E-state index contributed by atoms with van der Waals surface area (Å²) in [6.07, 6.45) is 0. The lowest BCUT2D eigenvalue weighted by Crippen LogP contribution is -2.30. The van der Waals surface area contributed by atoms with Crippen molar-refractivity contribution < 1.29 is 19.1 Å². The van der Waals surface area contributed by atoms with Crippen LogP contribution in [0.25, 0.3) is 0 Å². The van der Waals surface area contributed by atoms with Crippen LogP contribution in [0.3, 0.4) is 0 Å². The van der Waals surface area contributed by atoms with Crippen LogP contribution in [0, 0.1) is 0 Å². The molecule has 0 fully saturated rings. The Labute approximate surface area is 151 Å². The Bertz CT molecular complexity index is 729. The Morgan fingerprint density at radius 2 is 2.00 bits per heavy atom. The summed E-state index contributed by atoms with van der Waals surface area (Å²) in [6, 6.07) is 9.34. The standard InChI is InChI=1S/C18H22N2O4S/c1-4-24-18(22)14-9-10-25-17(14)19-16(21)12-20(2)11-13-7-5-6-8-15(13)23-3/h5-10H,4,11-12H2,1-3H3,(H,19,21). The first kappa shape index (κ1) is 19.0. The first-order valence-corrected chi connectivity index (χ1v) is 8.78. The highest BCUT2D eigenvalue weighted by Gasteiger charge is 2.17. The van der Waals surface area contributed by atoms with E-state index >= 15 is 0 Å². The average molecular weight is 362 g/mol. The molecule has 0 bridgehead atoms. The SMILES string of the molecule is CCOC(=O)c1ccsc1NC(=O)CN(C)Cc1ccccc1OC. The molecule has 6 nitrogen and oxygen atoms in total. The highest BCUT2D eigenvalue weighted by atomic mass is 32.1. The predicted molar refractivity (Wildman–Crippen MR) is 98.2 cm³/mol. The maximum Gasteiger partial charge on any atom is 0.341 e. The minimum Gasteiger partial charge on any atom is -0.496 e. The molecular formula is C18H22N2O4S. The number of esters is 1. The molecule has 0 aliphatic carbocycles. The van der Waals surface area contributed by atoms with Gasteiger partial charge in [0.05, 0.1) is 25.8 Å². The van der Waals surface area contributed by atoms with E-state index in [-0.39, 0.29) is 12.5 Å². The zero-order valence-electron chi connectivity index (χ0n) is 14.6. The number of nitrogens with one attached hydrogen (secondary N) is 1. The minimum absolute atomic E-state index is 0.189. The van der Waals surface area contributed by atoms with Crippen molar-refractivity contribution in [2.75, 3.05) is 32.6 Å². The van der Waals surface area contributed by atoms with Crippen LogP contribution >= 0.6 is 11.3 Å². The molecule has 1 heterocycles. The van der Waals surface area contributed by atoms with Crippen molar-refractivity contribution in [3.05, 3.63) is 46.8 Å². The fourth-order valence-corrected chi connectivity index (χ4v) is 3.16. The van der Waals surface area contributed by atoms with E-state index < -0.39 is 5.97 Å². The normalized spacial score (nSPS) is 10.6. The van der Waals surface area contributed by atoms with Gasteiger partial charge in [-0.25, -0.2) is 4.79 Å². The molecule has 1 aromatic carbocycles. The largest absolute Gasteiger partial charge is 0.496 e. The fourth-order valence-electron chi connectivity index (χ4n) is 2.37. The van der Waals surface area contributed by atoms with Gasteiger partial charge in [-0.2, -0.15) is 0 Å². The number of carbonyl (C=O) groups excluding carboxylic acids is 2. The molecule has 25 heavy (non-hydrogen) atoms. The molecule has 1 aromatic heterocycles. The maximum absolute atomic E-state index is 12.3. The summed E-state index contributed by atoms with van der Waals surface area (Å²) < 4.78 is 10.3. The van der Waals surface area contributed by atoms with Crippen LogP contribution in [0.5, 0.6) is 5.75 Å². The molecule has 0 saturated carbocycles. The molecule has 2 rings (SSSR count). The molecule has 1 N–H and O–H groups in total. The second-order valence-electron chi connectivity index (χ2n) is 5.42. The van der Waals surface area contributed by atoms with Gasteiger partial charge in [-0.3, -0.25) is 9.69 Å². The molecule has 134 valence electrons. The van der Waals surface area contributed by atoms with Crippen LogP contribution in [0.4, 0.5) is 5.00 Å². The third kappa shape index (κ3) is 5.30. The number of likely N-dealkylation sites (N-methyl/N-ethyl adjacent to an activating group) is 1. The van der Waals surface area contributed by atoms with Crippen molar-refractivity contribution in [2.45, 2.75) is 13.5 Å². The van der Waals surface area contributed by atoms with E-state index in [2.05, 4.69) is 5.32 Å². The molecule has 0 aliphatic rings. The zero-order chi connectivity index (χ0) is 18.2. The van der Waals surface area contributed by atoms with E-state index in [0.717, 1.165) is 11.3 Å². The van der Waals surface area contributed by atoms with Gasteiger partial charge < -0.3 is 14.8 Å². The van der Waals surface area contributed by atoms with E-state index in [1.807, 2.05) is 36.2 Å². The van der Waals surface area contributed by atoms with Crippen molar-refractivity contribution in [3.8, 4) is 5.75 Å². The summed E-state index contributed by atoms with van der Waals surface area (Å²) in [6.45, 7) is 2.81. The maximum atomic E-state index is 12.3. The van der Waals surface area contributed by atoms with Gasteiger partial charge in [0.2, 0.25) is 5.91 Å². The van der Waals surface area contributed by atoms with Crippen molar-refractivity contribution in [1.82, 2.24) is 4.90 Å². The van der Waals surface area contributed by atoms with Crippen molar-refractivity contribution >= 4 is 28.2 Å². The summed E-state index contributed by atoms with van der Waals surface area (Å²) in [7, 11) is 3.48. The number of ether oxygens (including phenoxy) is 2. The van der Waals surface area contributed by atoms with Crippen LogP contribution in [-0.4, -0.2) is 44.1 Å². The Morgan fingerprint density at radius 1 is 1.24 bits per heavy atom. The molecular weight excluding hydrogens is 340 g/mol. The molecule has 1 amide bonds. The van der Waals surface area contributed by atoms with Gasteiger partial charge in [0.15, 0.2) is 0 Å². The number of hydrogen-bond donors (Lipinski definition) is 1. The highest BCUT2D eigenvalue weighted by Crippen LogP contribution is 2.24. The van der Waals surface area contributed by atoms with Crippen LogP contribution < -0.4 is 10.1 Å². The summed E-state index contributed by atoms with van der Waals surface area (Å²) in [5.41, 5.74) is 1.39. The Kier molecular flexibility index (Phi) is 6.97. The van der Waals surface area contributed by atoms with E-state index in [4.69, 9.17) is 9.47 Å². The summed E-state index contributed by atoms with van der Waals surface area (Å²) in [5.74, 6) is 0.171. The topological polar surface area (TPSA) is 67.9 Å². The van der Waals surface area contributed by atoms with Crippen LogP contribution in [0.15, 0.2) is 35.7 Å². The number of anilines is 1. The van der Waals surface area contributed by atoms with Gasteiger partial charge in [-0.15, -0.1) is 11.3 Å². The molecule has 0 radical (unpaired) electrons. The van der Waals surface area contributed by atoms with Crippen LogP contribution in [0.1, 0.15) is 22.8 Å². The van der Waals surface area contributed by atoms with Gasteiger partial charge in [-0.1, -0.05) is 18.2 Å². The van der Waals surface area contributed by atoms with Gasteiger partial charge in [-0.05, 0) is 31.5 Å². The predicted octanol–water partition coefficient (Wildman–Crippen LogP) is 3.00. The molecule has 0 spiro atoms. The second kappa shape index (κ2) is 9.19. The van der Waals surface area contributed by atoms with E-state index in [1.54, 1.807) is 25.5 Å². The van der Waals surface area contributed by atoms with Gasteiger partial charge in [0, 0.05) is 12.1 Å². The van der Waals surface area contributed by atoms with Crippen LogP contribution in [0.2, 0.25) is 0 Å². The molecule has 0 saturated heterocycles. The monoisotopic (exact) mass is 362 g/mol. The Hall–Kier alpha value is -2.38. The number of thiophene rings is 1. The van der Waals surface area contributed by atoms with Crippen molar-refractivity contribution in [1.29, 1.82) is 0 Å². The summed E-state index contributed by atoms with van der Waals surface area (Å²) in [5, 5.41) is 5.04. The molecule has 0 unspecified atom stereocenters. The lowest BCUT2D eigenvalue weighted by atomic mass is 10.2. The third-order valence-electron chi connectivity index (χ3n) is 3.46. The number of amides is 1. The fraction of sp³-hybridized carbons (Fsp3) is 0.333. The number of para-hydroxylation sites is 1. The highest BCUT2D eigenvalue weighted by molar-refractivity contribution is 7.14. The molecule has 2 aromatic rings. The third-order valence-corrected chi connectivity index (χ3v) is 4.29. The number of hydrogen-bond acceptors (Lipinski definition) is 6. The van der Waals surface area contributed by atoms with Gasteiger partial charge in [0.25, 0.3) is 0 Å². The molecule has 0 atom stereocenters. The first-order valence-electron chi connectivity index (χ1n) is 7.90. The van der Waals surface area contributed by atoms with E-state index in [9.17, 15) is 9.59 Å². The number of methoxy groups -OCH3 is 1. The van der Waals surface area contributed by atoms with E-state index in [0.29, 0.717) is 23.7 Å². The zero-order valence-corrected chi connectivity index (χ0v) is 15.4. The van der Waals surface area contributed by atoms with Crippen LogP contribution in [-0.2, 0) is 16.1 Å². The Balaban J connectivity index is 1.94. The summed E-state index contributed by atoms with van der Waals surface area (Å²) >= 11 is 1.30. The quantitative estimate of drug-likeness (QED) is 0.731. The second-order valence-corrected chi connectivity index (χ2v) is 6.33. The number of rotatable bonds is 8. The number of carbonyl (C=O) groups is 2. The van der Waals surface area contributed by atoms with E-state index in [1.165, 1.54) is 11.3 Å². The average Bonchev–Trinajstić information content (AvgIpc) is 3.03. The lowest BCUT2D eigenvalue weighted by molar-refractivity contribution is -0.117. The first-order chi connectivity index (χ1) is 12.0. The molecule has 0 aliphatic heterocycles. The lowest BCUT2D eigenvalue weighted by Gasteiger charge is -2.18. The number of benzene rings is 1. The van der Waals surface area contributed by atoms with Crippen molar-refractivity contribution in [2.24, 2.45) is 0 Å². The van der Waals surface area contributed by atoms with Crippen molar-refractivity contribution in [3.63, 3.8) is 0 Å².